The van der Waals surface area contributed by atoms with E-state index < -0.39 is 0 Å². The molecule has 0 bridgehead atoms. The summed E-state index contributed by atoms with van der Waals surface area (Å²) in [4.78, 5) is 2.42. The number of hydrogen-bond donors (Lipinski definition) is 0. The Labute approximate surface area is 297 Å². The number of nitrogens with zero attached hydrogens (tertiary/aromatic N) is 1. The summed E-state index contributed by atoms with van der Waals surface area (Å²) in [6, 6.07) is 72.4. The summed E-state index contributed by atoms with van der Waals surface area (Å²) in [5, 5.41) is 2.61. The van der Waals surface area contributed by atoms with Crippen LogP contribution in [0.2, 0.25) is 0 Å². The fourth-order valence-electron chi connectivity index (χ4n) is 7.07. The van der Waals surface area contributed by atoms with Crippen LogP contribution >= 0.6 is 11.3 Å². The third-order valence-corrected chi connectivity index (χ3v) is 10.6. The Morgan fingerprint density at radius 2 is 0.800 bits per heavy atom. The van der Waals surface area contributed by atoms with Crippen LogP contribution in [0.1, 0.15) is 0 Å². The molecule has 0 radical (unpaired) electrons. The number of fused-ring (bicyclic) bond motifs is 3. The molecule has 1 heterocycles. The Hall–Kier alpha value is -6.22. The Balaban J connectivity index is 1.25. The van der Waals surface area contributed by atoms with Crippen LogP contribution in [0.3, 0.4) is 0 Å². The van der Waals surface area contributed by atoms with E-state index in [-0.39, 0.29) is 0 Å². The summed E-state index contributed by atoms with van der Waals surface area (Å²) in [6.45, 7) is 0. The standard InChI is InChI=1S/C48H33NS/c1-4-14-34(15-5-1)35-24-27-39(28-25-35)49(40-29-30-44-43-22-12-13-23-47(43)50-48(44)33-40)46-31-26-38(32-45(46)37-18-8-3-9-19-37)42-21-11-10-20-41(42)36-16-6-2-7-17-36/h1-33H. The highest BCUT2D eigenvalue weighted by Gasteiger charge is 2.20. The highest BCUT2D eigenvalue weighted by Crippen LogP contribution is 2.46. The van der Waals surface area contributed by atoms with Gasteiger partial charge in [-0.15, -0.1) is 11.3 Å². The average Bonchev–Trinajstić information content (AvgIpc) is 3.57. The third kappa shape index (κ3) is 5.56. The summed E-state index contributed by atoms with van der Waals surface area (Å²) in [6.07, 6.45) is 0. The van der Waals surface area contributed by atoms with Gasteiger partial charge in [0.15, 0.2) is 0 Å². The molecule has 9 rings (SSSR count). The van der Waals surface area contributed by atoms with E-state index in [1.165, 1.54) is 64.7 Å². The van der Waals surface area contributed by atoms with E-state index in [9.17, 15) is 0 Å². The van der Waals surface area contributed by atoms with Crippen LogP contribution < -0.4 is 4.90 Å². The highest BCUT2D eigenvalue weighted by molar-refractivity contribution is 7.25. The van der Waals surface area contributed by atoms with Crippen LogP contribution in [0.25, 0.3) is 64.7 Å². The second-order valence-corrected chi connectivity index (χ2v) is 13.6. The molecule has 0 saturated heterocycles. The van der Waals surface area contributed by atoms with E-state index in [4.69, 9.17) is 0 Å². The molecule has 1 aromatic heterocycles. The second kappa shape index (κ2) is 13.0. The van der Waals surface area contributed by atoms with E-state index in [0.29, 0.717) is 0 Å². The molecule has 2 heteroatoms. The minimum atomic E-state index is 1.11. The van der Waals surface area contributed by atoms with Crippen LogP contribution in [0, 0.1) is 0 Å². The van der Waals surface area contributed by atoms with E-state index in [1.807, 2.05) is 11.3 Å². The van der Waals surface area contributed by atoms with Crippen LogP contribution in [0.15, 0.2) is 200 Å². The molecule has 0 aliphatic heterocycles. The molecule has 0 amide bonds. The SMILES string of the molecule is c1ccc(-c2ccc(N(c3ccc4c(c3)sc3ccccc34)c3ccc(-c4ccccc4-c4ccccc4)cc3-c3ccccc3)cc2)cc1. The molecule has 236 valence electrons. The van der Waals surface area contributed by atoms with E-state index in [1.54, 1.807) is 0 Å². The maximum atomic E-state index is 2.42. The monoisotopic (exact) mass is 655 g/mol. The maximum Gasteiger partial charge on any atom is 0.0540 e. The average molecular weight is 656 g/mol. The van der Waals surface area contributed by atoms with Gasteiger partial charge in [-0.05, 0) is 81.4 Å². The topological polar surface area (TPSA) is 3.24 Å². The van der Waals surface area contributed by atoms with Crippen molar-refractivity contribution in [2.45, 2.75) is 0 Å². The smallest absolute Gasteiger partial charge is 0.0540 e. The normalized spacial score (nSPS) is 11.2. The quantitative estimate of drug-likeness (QED) is 0.165. The first-order valence-electron chi connectivity index (χ1n) is 17.0. The lowest BCUT2D eigenvalue weighted by Gasteiger charge is -2.29. The lowest BCUT2D eigenvalue weighted by atomic mass is 9.91. The van der Waals surface area contributed by atoms with Gasteiger partial charge in [-0.2, -0.15) is 0 Å². The fourth-order valence-corrected chi connectivity index (χ4v) is 8.21. The minimum absolute atomic E-state index is 1.11. The molecule has 9 aromatic rings. The van der Waals surface area contributed by atoms with Crippen molar-refractivity contribution in [3.63, 3.8) is 0 Å². The van der Waals surface area contributed by atoms with Crippen molar-refractivity contribution in [2.24, 2.45) is 0 Å². The van der Waals surface area contributed by atoms with Crippen molar-refractivity contribution in [3.05, 3.63) is 200 Å². The van der Waals surface area contributed by atoms with Crippen molar-refractivity contribution in [1.29, 1.82) is 0 Å². The van der Waals surface area contributed by atoms with Crippen molar-refractivity contribution in [2.75, 3.05) is 4.90 Å². The molecular formula is C48H33NS. The summed E-state index contributed by atoms with van der Waals surface area (Å²) in [5.74, 6) is 0. The molecule has 0 unspecified atom stereocenters. The Morgan fingerprint density at radius 3 is 1.50 bits per heavy atom. The number of hydrogen-bond acceptors (Lipinski definition) is 2. The summed E-state index contributed by atoms with van der Waals surface area (Å²) < 4.78 is 2.59. The minimum Gasteiger partial charge on any atom is -0.310 e. The Morgan fingerprint density at radius 1 is 0.300 bits per heavy atom. The Kier molecular flexibility index (Phi) is 7.77. The van der Waals surface area contributed by atoms with Crippen molar-refractivity contribution in [3.8, 4) is 44.5 Å². The van der Waals surface area contributed by atoms with Crippen molar-refractivity contribution >= 4 is 48.6 Å². The van der Waals surface area contributed by atoms with E-state index >= 15 is 0 Å². The Bertz CT molecular complexity index is 2570. The molecule has 0 atom stereocenters. The van der Waals surface area contributed by atoms with Crippen LogP contribution in [0.4, 0.5) is 17.1 Å². The first-order chi connectivity index (χ1) is 24.8. The predicted molar refractivity (Wildman–Crippen MR) is 216 cm³/mol. The van der Waals surface area contributed by atoms with E-state index in [2.05, 4.69) is 205 Å². The van der Waals surface area contributed by atoms with Crippen LogP contribution in [0.5, 0.6) is 0 Å². The highest BCUT2D eigenvalue weighted by atomic mass is 32.1. The summed E-state index contributed by atoms with van der Waals surface area (Å²) >= 11 is 1.86. The van der Waals surface area contributed by atoms with Crippen molar-refractivity contribution < 1.29 is 0 Å². The zero-order valence-corrected chi connectivity index (χ0v) is 28.2. The van der Waals surface area contributed by atoms with Gasteiger partial charge in [0.05, 0.1) is 5.69 Å². The molecule has 50 heavy (non-hydrogen) atoms. The molecular weight excluding hydrogens is 623 g/mol. The summed E-state index contributed by atoms with van der Waals surface area (Å²) in [5.41, 5.74) is 13.0. The fraction of sp³-hybridized carbons (Fsp3) is 0. The third-order valence-electron chi connectivity index (χ3n) is 9.50. The lowest BCUT2D eigenvalue weighted by molar-refractivity contribution is 1.29. The largest absolute Gasteiger partial charge is 0.310 e. The van der Waals surface area contributed by atoms with Gasteiger partial charge in [0.25, 0.3) is 0 Å². The van der Waals surface area contributed by atoms with Gasteiger partial charge in [0.1, 0.15) is 0 Å². The zero-order valence-electron chi connectivity index (χ0n) is 27.4. The van der Waals surface area contributed by atoms with Crippen molar-refractivity contribution in [1.82, 2.24) is 0 Å². The van der Waals surface area contributed by atoms with Gasteiger partial charge in [-0.1, -0.05) is 158 Å². The molecule has 0 saturated carbocycles. The first-order valence-corrected chi connectivity index (χ1v) is 17.8. The van der Waals surface area contributed by atoms with Crippen LogP contribution in [-0.2, 0) is 0 Å². The van der Waals surface area contributed by atoms with Gasteiger partial charge in [-0.3, -0.25) is 0 Å². The zero-order chi connectivity index (χ0) is 33.3. The van der Waals surface area contributed by atoms with Crippen LogP contribution in [-0.4, -0.2) is 0 Å². The van der Waals surface area contributed by atoms with Gasteiger partial charge in [-0.25, -0.2) is 0 Å². The molecule has 0 N–H and O–H groups in total. The number of rotatable bonds is 7. The second-order valence-electron chi connectivity index (χ2n) is 12.5. The lowest BCUT2D eigenvalue weighted by Crippen LogP contribution is -2.11. The number of benzene rings is 8. The molecule has 0 fully saturated rings. The molecule has 0 aliphatic rings. The molecule has 1 nitrogen and oxygen atoms in total. The molecule has 8 aromatic carbocycles. The molecule has 0 aliphatic carbocycles. The number of thiophene rings is 1. The number of anilines is 3. The maximum absolute atomic E-state index is 2.42. The van der Waals surface area contributed by atoms with Gasteiger partial charge < -0.3 is 4.90 Å². The van der Waals surface area contributed by atoms with E-state index in [0.717, 1.165) is 17.1 Å². The summed E-state index contributed by atoms with van der Waals surface area (Å²) in [7, 11) is 0. The van der Waals surface area contributed by atoms with Gasteiger partial charge in [0.2, 0.25) is 0 Å². The molecule has 0 spiro atoms. The van der Waals surface area contributed by atoms with Gasteiger partial charge in [0, 0.05) is 37.1 Å². The predicted octanol–water partition coefficient (Wildman–Crippen LogP) is 14.2. The van der Waals surface area contributed by atoms with Gasteiger partial charge >= 0.3 is 0 Å². The first kappa shape index (κ1) is 29.9.